The van der Waals surface area contributed by atoms with E-state index in [9.17, 15) is 9.59 Å². The van der Waals surface area contributed by atoms with Crippen molar-refractivity contribution in [2.45, 2.75) is 32.9 Å². The highest BCUT2D eigenvalue weighted by molar-refractivity contribution is 6.02. The topological polar surface area (TPSA) is 77.5 Å². The average Bonchev–Trinajstić information content (AvgIpc) is 2.89. The number of aryl methyl sites for hydroxylation is 1. The van der Waals surface area contributed by atoms with E-state index in [1.807, 2.05) is 62.4 Å². The molecule has 1 N–H and O–H groups in total. The van der Waals surface area contributed by atoms with E-state index in [2.05, 4.69) is 10.3 Å². The van der Waals surface area contributed by atoms with Crippen molar-refractivity contribution in [2.75, 3.05) is 12.4 Å². The Hall–Kier alpha value is -4.19. The Kier molecular flexibility index (Phi) is 7.41. The number of nitrogens with one attached hydrogen (secondary N) is 1. The number of benzene rings is 3. The molecule has 0 aliphatic carbocycles. The van der Waals surface area contributed by atoms with Crippen molar-refractivity contribution in [1.82, 2.24) is 4.98 Å². The SMILES string of the molecule is CCCC(=O)c1cnc2ccccc2c1C(Nc1ccccc1C)OC(=O)c1ccc(OC)cc1. The zero-order valence-electron chi connectivity index (χ0n) is 20.1. The van der Waals surface area contributed by atoms with E-state index in [1.54, 1.807) is 37.6 Å². The van der Waals surface area contributed by atoms with Gasteiger partial charge in [-0.15, -0.1) is 0 Å². The largest absolute Gasteiger partial charge is 0.497 e. The quantitative estimate of drug-likeness (QED) is 0.172. The van der Waals surface area contributed by atoms with Crippen LogP contribution < -0.4 is 10.1 Å². The smallest absolute Gasteiger partial charge is 0.340 e. The van der Waals surface area contributed by atoms with Crippen molar-refractivity contribution in [2.24, 2.45) is 0 Å². The molecule has 1 unspecified atom stereocenters. The number of ether oxygens (including phenoxy) is 2. The molecule has 0 saturated heterocycles. The zero-order chi connectivity index (χ0) is 24.8. The number of aromatic nitrogens is 1. The van der Waals surface area contributed by atoms with Gasteiger partial charge in [-0.3, -0.25) is 9.78 Å². The third-order valence-corrected chi connectivity index (χ3v) is 5.84. The number of pyridine rings is 1. The first kappa shape index (κ1) is 24.0. The van der Waals surface area contributed by atoms with Crippen molar-refractivity contribution >= 4 is 28.3 Å². The van der Waals surface area contributed by atoms with Crippen LogP contribution in [0.3, 0.4) is 0 Å². The van der Waals surface area contributed by atoms with Crippen LogP contribution in [0.1, 0.15) is 57.8 Å². The zero-order valence-corrected chi connectivity index (χ0v) is 20.1. The maximum atomic E-state index is 13.2. The van der Waals surface area contributed by atoms with Gasteiger partial charge < -0.3 is 14.8 Å². The minimum atomic E-state index is -0.922. The number of nitrogens with zero attached hydrogens (tertiary/aromatic N) is 1. The molecule has 0 radical (unpaired) electrons. The number of para-hydroxylation sites is 2. The van der Waals surface area contributed by atoms with Crippen LogP contribution in [0.15, 0.2) is 79.0 Å². The third-order valence-electron chi connectivity index (χ3n) is 5.84. The van der Waals surface area contributed by atoms with Gasteiger partial charge in [-0.1, -0.05) is 43.3 Å². The fourth-order valence-corrected chi connectivity index (χ4v) is 3.97. The molecule has 0 bridgehead atoms. The number of anilines is 1. The minimum absolute atomic E-state index is 0.0437. The van der Waals surface area contributed by atoms with Crippen LogP contribution in [0.4, 0.5) is 5.69 Å². The normalized spacial score (nSPS) is 11.6. The molecule has 4 aromatic rings. The van der Waals surface area contributed by atoms with E-state index in [4.69, 9.17) is 9.47 Å². The van der Waals surface area contributed by atoms with Crippen LogP contribution in [-0.4, -0.2) is 23.8 Å². The van der Waals surface area contributed by atoms with Gasteiger partial charge in [0.25, 0.3) is 0 Å². The summed E-state index contributed by atoms with van der Waals surface area (Å²) in [7, 11) is 1.57. The van der Waals surface area contributed by atoms with Crippen molar-refractivity contribution in [1.29, 1.82) is 0 Å². The summed E-state index contributed by atoms with van der Waals surface area (Å²) in [5.74, 6) is 0.0788. The number of hydrogen-bond donors (Lipinski definition) is 1. The summed E-state index contributed by atoms with van der Waals surface area (Å²) >= 11 is 0. The molecule has 0 aliphatic heterocycles. The molecule has 0 fully saturated rings. The Labute approximate surface area is 204 Å². The molecular formula is C29H28N2O4. The summed E-state index contributed by atoms with van der Waals surface area (Å²) in [4.78, 5) is 30.9. The highest BCUT2D eigenvalue weighted by atomic mass is 16.6. The van der Waals surface area contributed by atoms with Crippen LogP contribution in [0.2, 0.25) is 0 Å². The fraction of sp³-hybridized carbons (Fsp3) is 0.207. The number of fused-ring (bicyclic) bond motifs is 1. The number of rotatable bonds is 9. The lowest BCUT2D eigenvalue weighted by molar-refractivity contribution is 0.0355. The number of Topliss-reactive ketones (excluding diaryl/α,β-unsaturated/α-hetero) is 1. The van der Waals surface area contributed by atoms with Crippen molar-refractivity contribution in [3.8, 4) is 5.75 Å². The molecule has 1 heterocycles. The summed E-state index contributed by atoms with van der Waals surface area (Å²) in [5, 5.41) is 4.12. The molecule has 4 rings (SSSR count). The van der Waals surface area contributed by atoms with Gasteiger partial charge in [0.05, 0.1) is 18.2 Å². The predicted molar refractivity (Wildman–Crippen MR) is 137 cm³/mol. The van der Waals surface area contributed by atoms with Crippen LogP contribution in [0.5, 0.6) is 5.75 Å². The van der Waals surface area contributed by atoms with E-state index < -0.39 is 12.2 Å². The highest BCUT2D eigenvalue weighted by Crippen LogP contribution is 2.33. The van der Waals surface area contributed by atoms with Crippen molar-refractivity contribution < 1.29 is 19.1 Å². The minimum Gasteiger partial charge on any atom is -0.497 e. The second-order valence-corrected chi connectivity index (χ2v) is 8.25. The molecule has 0 spiro atoms. The first-order valence-corrected chi connectivity index (χ1v) is 11.6. The molecule has 6 nitrogen and oxygen atoms in total. The molecule has 6 heteroatoms. The lowest BCUT2D eigenvalue weighted by Crippen LogP contribution is -2.22. The second kappa shape index (κ2) is 10.8. The Bertz CT molecular complexity index is 1350. The first-order chi connectivity index (χ1) is 17.0. The van der Waals surface area contributed by atoms with Crippen LogP contribution in [0, 0.1) is 6.92 Å². The Balaban J connectivity index is 1.84. The molecule has 0 amide bonds. The fourth-order valence-electron chi connectivity index (χ4n) is 3.97. The van der Waals surface area contributed by atoms with E-state index >= 15 is 0 Å². The van der Waals surface area contributed by atoms with Gasteiger partial charge in [0.2, 0.25) is 6.23 Å². The standard InChI is InChI=1S/C29H28N2O4/c1-4-9-26(32)23-18-30-25-13-8-6-11-22(25)27(23)28(31-24-12-7-5-10-19(24)2)35-29(33)20-14-16-21(34-3)17-15-20/h5-8,10-18,28,31H,4,9H2,1-3H3. The molecule has 1 atom stereocenters. The van der Waals surface area contributed by atoms with Gasteiger partial charge in [0.1, 0.15) is 5.75 Å². The summed E-state index contributed by atoms with van der Waals surface area (Å²) in [5.41, 5.74) is 3.92. The third kappa shape index (κ3) is 5.32. The number of methoxy groups -OCH3 is 1. The van der Waals surface area contributed by atoms with Gasteiger partial charge in [-0.2, -0.15) is 0 Å². The van der Waals surface area contributed by atoms with Crippen molar-refractivity contribution in [3.05, 3.63) is 101 Å². The summed E-state index contributed by atoms with van der Waals surface area (Å²) in [6.07, 6.45) is 1.74. The maximum Gasteiger partial charge on any atom is 0.340 e. The van der Waals surface area contributed by atoms with Crippen LogP contribution in [0.25, 0.3) is 10.9 Å². The summed E-state index contributed by atoms with van der Waals surface area (Å²) in [6.45, 7) is 3.93. The summed E-state index contributed by atoms with van der Waals surface area (Å²) in [6, 6.07) is 22.0. The van der Waals surface area contributed by atoms with E-state index in [0.717, 1.165) is 16.6 Å². The molecular weight excluding hydrogens is 440 g/mol. The number of hydrogen-bond acceptors (Lipinski definition) is 6. The van der Waals surface area contributed by atoms with E-state index in [1.165, 1.54) is 0 Å². The highest BCUT2D eigenvalue weighted by Gasteiger charge is 2.26. The first-order valence-electron chi connectivity index (χ1n) is 11.6. The van der Waals surface area contributed by atoms with Gasteiger partial charge >= 0.3 is 5.97 Å². The van der Waals surface area contributed by atoms with E-state index in [-0.39, 0.29) is 5.78 Å². The van der Waals surface area contributed by atoms with E-state index in [0.29, 0.717) is 40.8 Å². The maximum absolute atomic E-state index is 13.2. The lowest BCUT2D eigenvalue weighted by atomic mass is 9.97. The monoisotopic (exact) mass is 468 g/mol. The Morgan fingerprint density at radius 3 is 2.40 bits per heavy atom. The molecule has 1 aromatic heterocycles. The number of ketones is 1. The predicted octanol–water partition coefficient (Wildman–Crippen LogP) is 6.50. The number of esters is 1. The summed E-state index contributed by atoms with van der Waals surface area (Å²) < 4.78 is 11.3. The lowest BCUT2D eigenvalue weighted by Gasteiger charge is -2.25. The van der Waals surface area contributed by atoms with Gasteiger partial charge in [-0.25, -0.2) is 4.79 Å². The van der Waals surface area contributed by atoms with Crippen LogP contribution >= 0.6 is 0 Å². The van der Waals surface area contributed by atoms with Crippen molar-refractivity contribution in [3.63, 3.8) is 0 Å². The average molecular weight is 469 g/mol. The second-order valence-electron chi connectivity index (χ2n) is 8.25. The Morgan fingerprint density at radius 1 is 0.971 bits per heavy atom. The molecule has 3 aromatic carbocycles. The molecule has 35 heavy (non-hydrogen) atoms. The Morgan fingerprint density at radius 2 is 1.69 bits per heavy atom. The van der Waals surface area contributed by atoms with Gasteiger partial charge in [0, 0.05) is 34.8 Å². The molecule has 0 aliphatic rings. The van der Waals surface area contributed by atoms with Gasteiger partial charge in [-0.05, 0) is 55.3 Å². The molecule has 0 saturated carbocycles. The van der Waals surface area contributed by atoms with Crippen LogP contribution in [-0.2, 0) is 4.74 Å². The molecule has 178 valence electrons. The van der Waals surface area contributed by atoms with Gasteiger partial charge in [0.15, 0.2) is 5.78 Å². The number of carbonyl (C=O) groups excluding carboxylic acids is 2. The number of carbonyl (C=O) groups is 2.